The van der Waals surface area contributed by atoms with E-state index in [1.54, 1.807) is 12.1 Å². The van der Waals surface area contributed by atoms with Crippen molar-refractivity contribution in [2.24, 2.45) is 5.92 Å². The van der Waals surface area contributed by atoms with E-state index in [1.165, 1.54) is 4.90 Å². The Morgan fingerprint density at radius 1 is 1.17 bits per heavy atom. The minimum Gasteiger partial charge on any atom is -0.394 e. The minimum absolute atomic E-state index is 0.0262. The molecule has 1 aromatic rings. The summed E-state index contributed by atoms with van der Waals surface area (Å²) < 4.78 is 0. The van der Waals surface area contributed by atoms with Gasteiger partial charge in [0.25, 0.3) is 11.8 Å². The molecule has 0 spiro atoms. The summed E-state index contributed by atoms with van der Waals surface area (Å²) in [5.74, 6) is -0.576. The fourth-order valence-corrected chi connectivity index (χ4v) is 2.27. The van der Waals surface area contributed by atoms with E-state index in [9.17, 15) is 14.7 Å². The van der Waals surface area contributed by atoms with Gasteiger partial charge in [0.05, 0.1) is 23.8 Å². The van der Waals surface area contributed by atoms with Crippen molar-refractivity contribution in [1.82, 2.24) is 4.90 Å². The maximum absolute atomic E-state index is 12.3. The first-order valence-electron chi connectivity index (χ1n) is 6.06. The van der Waals surface area contributed by atoms with Crippen LogP contribution >= 0.6 is 0 Å². The van der Waals surface area contributed by atoms with E-state index in [0.29, 0.717) is 11.1 Å². The fourth-order valence-electron chi connectivity index (χ4n) is 2.27. The van der Waals surface area contributed by atoms with Crippen molar-refractivity contribution in [3.05, 3.63) is 34.9 Å². The number of benzene rings is 1. The molecule has 1 aliphatic rings. The highest BCUT2D eigenvalue weighted by Crippen LogP contribution is 2.27. The molecular weight excluding hydrogens is 230 g/mol. The topological polar surface area (TPSA) is 57.6 Å². The minimum atomic E-state index is -0.460. The second-order valence-corrected chi connectivity index (χ2v) is 5.02. The van der Waals surface area contributed by atoms with Gasteiger partial charge in [-0.1, -0.05) is 25.5 Å². The monoisotopic (exact) mass is 247 g/mol. The average Bonchev–Trinajstić information content (AvgIpc) is 2.55. The first-order valence-corrected chi connectivity index (χ1v) is 6.06. The van der Waals surface area contributed by atoms with Crippen molar-refractivity contribution in [3.63, 3.8) is 0 Å². The number of aliphatic hydroxyl groups excluding tert-OH is 1. The van der Waals surface area contributed by atoms with E-state index in [4.69, 9.17) is 0 Å². The van der Waals surface area contributed by atoms with E-state index < -0.39 is 6.04 Å². The maximum atomic E-state index is 12.3. The van der Waals surface area contributed by atoms with Crippen molar-refractivity contribution in [3.8, 4) is 0 Å². The summed E-state index contributed by atoms with van der Waals surface area (Å²) in [5.41, 5.74) is 1.82. The van der Waals surface area contributed by atoms with Gasteiger partial charge in [-0.15, -0.1) is 0 Å². The lowest BCUT2D eigenvalue weighted by Crippen LogP contribution is -2.45. The van der Waals surface area contributed by atoms with E-state index >= 15 is 0 Å². The van der Waals surface area contributed by atoms with Crippen LogP contribution in [0.2, 0.25) is 0 Å². The Bertz CT molecular complexity index is 508. The third kappa shape index (κ3) is 1.82. The smallest absolute Gasteiger partial charge is 0.261 e. The predicted molar refractivity (Wildman–Crippen MR) is 67.4 cm³/mol. The average molecular weight is 247 g/mol. The van der Waals surface area contributed by atoms with Crippen LogP contribution in [-0.2, 0) is 0 Å². The van der Waals surface area contributed by atoms with Gasteiger partial charge in [0, 0.05) is 0 Å². The van der Waals surface area contributed by atoms with E-state index in [0.717, 1.165) is 5.56 Å². The number of aliphatic hydroxyl groups is 1. The van der Waals surface area contributed by atoms with E-state index in [1.807, 2.05) is 26.8 Å². The zero-order chi connectivity index (χ0) is 13.4. The Labute approximate surface area is 106 Å². The highest BCUT2D eigenvalue weighted by atomic mass is 16.3. The van der Waals surface area contributed by atoms with Crippen LogP contribution in [0.15, 0.2) is 18.2 Å². The van der Waals surface area contributed by atoms with Crippen LogP contribution < -0.4 is 0 Å². The Morgan fingerprint density at radius 3 is 2.33 bits per heavy atom. The fraction of sp³-hybridized carbons (Fsp3) is 0.429. The Hall–Kier alpha value is -1.68. The molecule has 1 aliphatic heterocycles. The summed E-state index contributed by atoms with van der Waals surface area (Å²) >= 11 is 0. The lowest BCUT2D eigenvalue weighted by molar-refractivity contribution is 0.0452. The Kier molecular flexibility index (Phi) is 3.22. The van der Waals surface area contributed by atoms with Gasteiger partial charge in [0.15, 0.2) is 0 Å². The van der Waals surface area contributed by atoms with E-state index in [-0.39, 0.29) is 24.3 Å². The van der Waals surface area contributed by atoms with Gasteiger partial charge in [-0.05, 0) is 25.0 Å². The first kappa shape index (κ1) is 12.8. The number of carbonyl (C=O) groups excluding carboxylic acids is 2. The van der Waals surface area contributed by atoms with Gasteiger partial charge in [0.1, 0.15) is 0 Å². The number of nitrogens with zero attached hydrogens (tertiary/aromatic N) is 1. The number of imide groups is 1. The third-order valence-corrected chi connectivity index (χ3v) is 3.36. The second kappa shape index (κ2) is 4.53. The highest BCUT2D eigenvalue weighted by molar-refractivity contribution is 6.21. The van der Waals surface area contributed by atoms with Gasteiger partial charge >= 0.3 is 0 Å². The van der Waals surface area contributed by atoms with Gasteiger partial charge in [-0.2, -0.15) is 0 Å². The molecule has 1 atom stereocenters. The number of amides is 2. The van der Waals surface area contributed by atoms with Gasteiger partial charge < -0.3 is 5.11 Å². The largest absolute Gasteiger partial charge is 0.394 e. The quantitative estimate of drug-likeness (QED) is 0.825. The zero-order valence-electron chi connectivity index (χ0n) is 10.8. The van der Waals surface area contributed by atoms with Crippen molar-refractivity contribution >= 4 is 11.8 Å². The summed E-state index contributed by atoms with van der Waals surface area (Å²) in [4.78, 5) is 25.7. The van der Waals surface area contributed by atoms with Crippen LogP contribution in [0.3, 0.4) is 0 Å². The Balaban J connectivity index is 2.45. The summed E-state index contributed by atoms with van der Waals surface area (Å²) in [6.07, 6.45) is 0. The first-order chi connectivity index (χ1) is 8.47. The maximum Gasteiger partial charge on any atom is 0.261 e. The summed E-state index contributed by atoms with van der Waals surface area (Å²) in [6, 6.07) is 4.76. The summed E-state index contributed by atoms with van der Waals surface area (Å²) in [5, 5.41) is 9.38. The lowest BCUT2D eigenvalue weighted by atomic mass is 10.0. The summed E-state index contributed by atoms with van der Waals surface area (Å²) in [6.45, 7) is 5.44. The van der Waals surface area contributed by atoms with Crippen molar-refractivity contribution in [1.29, 1.82) is 0 Å². The van der Waals surface area contributed by atoms with Crippen molar-refractivity contribution in [2.75, 3.05) is 6.61 Å². The number of carbonyl (C=O) groups is 2. The molecule has 1 unspecified atom stereocenters. The Morgan fingerprint density at radius 2 is 1.78 bits per heavy atom. The number of fused-ring (bicyclic) bond motifs is 1. The number of hydrogen-bond acceptors (Lipinski definition) is 3. The molecule has 0 saturated heterocycles. The molecule has 0 saturated carbocycles. The van der Waals surface area contributed by atoms with Gasteiger partial charge in [-0.3, -0.25) is 14.5 Å². The molecule has 4 heteroatoms. The van der Waals surface area contributed by atoms with Crippen LogP contribution in [-0.4, -0.2) is 34.5 Å². The van der Waals surface area contributed by atoms with Crippen LogP contribution in [0.5, 0.6) is 0 Å². The predicted octanol–water partition coefficient (Wildman–Crippen LogP) is 1.61. The molecule has 4 nitrogen and oxygen atoms in total. The van der Waals surface area contributed by atoms with E-state index in [2.05, 4.69) is 0 Å². The number of rotatable bonds is 3. The SMILES string of the molecule is Cc1ccc2c(c1)C(=O)N(C(CO)C(C)C)C2=O. The third-order valence-electron chi connectivity index (χ3n) is 3.36. The second-order valence-electron chi connectivity index (χ2n) is 5.02. The molecule has 96 valence electrons. The van der Waals surface area contributed by atoms with Crippen molar-refractivity contribution in [2.45, 2.75) is 26.8 Å². The highest BCUT2D eigenvalue weighted by Gasteiger charge is 2.40. The molecule has 0 bridgehead atoms. The number of hydrogen-bond donors (Lipinski definition) is 1. The standard InChI is InChI=1S/C14H17NO3/c1-8(2)12(7-16)15-13(17)10-5-4-9(3)6-11(10)14(15)18/h4-6,8,12,16H,7H2,1-3H3. The normalized spacial score (nSPS) is 16.4. The molecule has 1 heterocycles. The van der Waals surface area contributed by atoms with Gasteiger partial charge in [-0.25, -0.2) is 0 Å². The molecule has 2 amide bonds. The molecule has 0 aromatic heterocycles. The molecule has 1 N–H and O–H groups in total. The zero-order valence-corrected chi connectivity index (χ0v) is 10.8. The lowest BCUT2D eigenvalue weighted by Gasteiger charge is -2.27. The molecule has 0 aliphatic carbocycles. The van der Waals surface area contributed by atoms with Crippen LogP contribution in [0.25, 0.3) is 0 Å². The van der Waals surface area contributed by atoms with Crippen LogP contribution in [0.1, 0.15) is 40.1 Å². The summed E-state index contributed by atoms with van der Waals surface area (Å²) in [7, 11) is 0. The van der Waals surface area contributed by atoms with Crippen LogP contribution in [0, 0.1) is 12.8 Å². The molecule has 18 heavy (non-hydrogen) atoms. The van der Waals surface area contributed by atoms with Crippen molar-refractivity contribution < 1.29 is 14.7 Å². The molecule has 1 aromatic carbocycles. The molecule has 0 radical (unpaired) electrons. The molecule has 2 rings (SSSR count). The van der Waals surface area contributed by atoms with Gasteiger partial charge in [0.2, 0.25) is 0 Å². The van der Waals surface area contributed by atoms with Crippen LogP contribution in [0.4, 0.5) is 0 Å². The molecular formula is C14H17NO3. The molecule has 0 fully saturated rings. The number of aryl methyl sites for hydroxylation is 1.